The van der Waals surface area contributed by atoms with Crippen LogP contribution in [0.15, 0.2) is 72.8 Å². The minimum absolute atomic E-state index is 0.0356. The van der Waals surface area contributed by atoms with Gasteiger partial charge in [0, 0.05) is 5.56 Å². The normalized spacial score (nSPS) is 10.3. The van der Waals surface area contributed by atoms with Crippen LogP contribution in [0.25, 0.3) is 0 Å². The molecule has 0 aliphatic carbocycles. The Kier molecular flexibility index (Phi) is 4.24. The highest BCUT2D eigenvalue weighted by Crippen LogP contribution is 2.30. The van der Waals surface area contributed by atoms with Gasteiger partial charge in [0.25, 0.3) is 0 Å². The molecule has 114 valence electrons. The van der Waals surface area contributed by atoms with Crippen molar-refractivity contribution >= 4 is 5.78 Å². The van der Waals surface area contributed by atoms with E-state index >= 15 is 0 Å². The first-order valence-corrected chi connectivity index (χ1v) is 7.59. The fourth-order valence-corrected chi connectivity index (χ4v) is 2.44. The average molecular weight is 302 g/mol. The minimum Gasteiger partial charge on any atom is -0.456 e. The number of ether oxygens (including phenoxy) is 1. The zero-order chi connectivity index (χ0) is 16.2. The fraction of sp³-hybridized carbons (Fsp3) is 0.0952. The highest BCUT2D eigenvalue weighted by atomic mass is 16.5. The molecular weight excluding hydrogens is 284 g/mol. The van der Waals surface area contributed by atoms with E-state index in [1.807, 2.05) is 80.6 Å². The predicted octanol–water partition coefficient (Wildman–Crippen LogP) is 5.33. The van der Waals surface area contributed by atoms with Crippen molar-refractivity contribution in [3.63, 3.8) is 0 Å². The number of carbonyl (C=O) groups excluding carboxylic acids is 1. The lowest BCUT2D eigenvalue weighted by Crippen LogP contribution is -2.03. The van der Waals surface area contributed by atoms with Crippen molar-refractivity contribution in [3.05, 3.63) is 95.1 Å². The quantitative estimate of drug-likeness (QED) is 0.609. The fourth-order valence-electron chi connectivity index (χ4n) is 2.44. The summed E-state index contributed by atoms with van der Waals surface area (Å²) in [7, 11) is 0. The van der Waals surface area contributed by atoms with Crippen molar-refractivity contribution in [2.24, 2.45) is 0 Å². The smallest absolute Gasteiger partial charge is 0.196 e. The molecule has 0 radical (unpaired) electrons. The molecule has 3 rings (SSSR count). The van der Waals surface area contributed by atoms with E-state index in [-0.39, 0.29) is 5.78 Å². The summed E-state index contributed by atoms with van der Waals surface area (Å²) in [5, 5.41) is 0. The molecule has 0 spiro atoms. The summed E-state index contributed by atoms with van der Waals surface area (Å²) in [6.45, 7) is 4.06. The van der Waals surface area contributed by atoms with Gasteiger partial charge in [-0.2, -0.15) is 0 Å². The summed E-state index contributed by atoms with van der Waals surface area (Å²) in [5.74, 6) is 1.32. The molecule has 0 amide bonds. The molecule has 0 N–H and O–H groups in total. The second kappa shape index (κ2) is 6.49. The SMILES string of the molecule is Cc1cccc(Oc2ccccc2C(=O)c2ccccc2)c1C. The number of para-hydroxylation sites is 1. The molecule has 0 saturated carbocycles. The third-order valence-corrected chi connectivity index (χ3v) is 3.94. The van der Waals surface area contributed by atoms with Crippen LogP contribution in [-0.4, -0.2) is 5.78 Å². The Balaban J connectivity index is 1.98. The van der Waals surface area contributed by atoms with Gasteiger partial charge in [-0.15, -0.1) is 0 Å². The Bertz CT molecular complexity index is 835. The molecule has 3 aromatic rings. The maximum atomic E-state index is 12.7. The van der Waals surface area contributed by atoms with Gasteiger partial charge in [0.2, 0.25) is 0 Å². The molecule has 0 atom stereocenters. The van der Waals surface area contributed by atoms with Crippen molar-refractivity contribution in [2.45, 2.75) is 13.8 Å². The molecule has 0 aliphatic heterocycles. The van der Waals surface area contributed by atoms with E-state index in [2.05, 4.69) is 0 Å². The molecule has 0 saturated heterocycles. The van der Waals surface area contributed by atoms with Gasteiger partial charge in [0.1, 0.15) is 11.5 Å². The lowest BCUT2D eigenvalue weighted by molar-refractivity contribution is 0.103. The van der Waals surface area contributed by atoms with Crippen LogP contribution in [0, 0.1) is 13.8 Å². The van der Waals surface area contributed by atoms with Crippen molar-refractivity contribution in [2.75, 3.05) is 0 Å². The molecule has 0 bridgehead atoms. The van der Waals surface area contributed by atoms with Crippen LogP contribution < -0.4 is 4.74 Å². The topological polar surface area (TPSA) is 26.3 Å². The molecule has 0 fully saturated rings. The van der Waals surface area contributed by atoms with Gasteiger partial charge in [0.05, 0.1) is 5.56 Å². The van der Waals surface area contributed by atoms with E-state index < -0.39 is 0 Å². The Morgan fingerprint density at radius 1 is 0.739 bits per heavy atom. The number of rotatable bonds is 4. The van der Waals surface area contributed by atoms with E-state index in [4.69, 9.17) is 4.74 Å². The lowest BCUT2D eigenvalue weighted by atomic mass is 10.0. The van der Waals surface area contributed by atoms with E-state index in [1.54, 1.807) is 6.07 Å². The molecule has 0 aliphatic rings. The first-order chi connectivity index (χ1) is 11.2. The number of aryl methyl sites for hydroxylation is 1. The molecule has 2 heteroatoms. The highest BCUT2D eigenvalue weighted by molar-refractivity contribution is 6.10. The summed E-state index contributed by atoms with van der Waals surface area (Å²) in [6.07, 6.45) is 0. The second-order valence-electron chi connectivity index (χ2n) is 5.49. The molecule has 23 heavy (non-hydrogen) atoms. The van der Waals surface area contributed by atoms with Crippen LogP contribution in [0.2, 0.25) is 0 Å². The van der Waals surface area contributed by atoms with Crippen LogP contribution >= 0.6 is 0 Å². The van der Waals surface area contributed by atoms with Crippen molar-refractivity contribution < 1.29 is 9.53 Å². The van der Waals surface area contributed by atoms with Crippen molar-refractivity contribution in [1.29, 1.82) is 0 Å². The summed E-state index contributed by atoms with van der Waals surface area (Å²) in [5.41, 5.74) is 3.47. The lowest BCUT2D eigenvalue weighted by Gasteiger charge is -2.13. The number of hydrogen-bond donors (Lipinski definition) is 0. The van der Waals surface area contributed by atoms with Gasteiger partial charge in [-0.3, -0.25) is 4.79 Å². The first-order valence-electron chi connectivity index (χ1n) is 7.59. The maximum absolute atomic E-state index is 12.7. The summed E-state index contributed by atoms with van der Waals surface area (Å²) in [4.78, 5) is 12.7. The standard InChI is InChI=1S/C21H18O2/c1-15-9-8-14-19(16(15)2)23-20-13-7-6-12-18(20)21(22)17-10-4-3-5-11-17/h3-14H,1-2H3. The molecule has 2 nitrogen and oxygen atoms in total. The average Bonchev–Trinajstić information content (AvgIpc) is 2.60. The zero-order valence-electron chi connectivity index (χ0n) is 13.2. The number of ketones is 1. The van der Waals surface area contributed by atoms with Gasteiger partial charge in [-0.1, -0.05) is 54.6 Å². The van der Waals surface area contributed by atoms with Gasteiger partial charge < -0.3 is 4.74 Å². The van der Waals surface area contributed by atoms with Crippen LogP contribution in [0.1, 0.15) is 27.0 Å². The minimum atomic E-state index is -0.0356. The molecular formula is C21H18O2. The predicted molar refractivity (Wildman–Crippen MR) is 92.3 cm³/mol. The third kappa shape index (κ3) is 3.16. The summed E-state index contributed by atoms with van der Waals surface area (Å²) in [6, 6.07) is 22.5. The first kappa shape index (κ1) is 15.0. The molecule has 0 heterocycles. The van der Waals surface area contributed by atoms with Crippen LogP contribution in [0.5, 0.6) is 11.5 Å². The molecule has 0 aromatic heterocycles. The van der Waals surface area contributed by atoms with E-state index in [1.165, 1.54) is 0 Å². The van der Waals surface area contributed by atoms with Gasteiger partial charge >= 0.3 is 0 Å². The van der Waals surface area contributed by atoms with Crippen LogP contribution in [-0.2, 0) is 0 Å². The van der Waals surface area contributed by atoms with Crippen molar-refractivity contribution in [1.82, 2.24) is 0 Å². The van der Waals surface area contributed by atoms with Crippen LogP contribution in [0.4, 0.5) is 0 Å². The third-order valence-electron chi connectivity index (χ3n) is 3.94. The Hall–Kier alpha value is -2.87. The zero-order valence-corrected chi connectivity index (χ0v) is 13.2. The maximum Gasteiger partial charge on any atom is 0.196 e. The van der Waals surface area contributed by atoms with Gasteiger partial charge in [-0.25, -0.2) is 0 Å². The monoisotopic (exact) mass is 302 g/mol. The van der Waals surface area contributed by atoms with E-state index in [0.717, 1.165) is 16.9 Å². The Morgan fingerprint density at radius 3 is 2.17 bits per heavy atom. The highest BCUT2D eigenvalue weighted by Gasteiger charge is 2.15. The largest absolute Gasteiger partial charge is 0.456 e. The summed E-state index contributed by atoms with van der Waals surface area (Å²) >= 11 is 0. The number of benzene rings is 3. The second-order valence-corrected chi connectivity index (χ2v) is 5.49. The van der Waals surface area contributed by atoms with E-state index in [0.29, 0.717) is 16.9 Å². The summed E-state index contributed by atoms with van der Waals surface area (Å²) < 4.78 is 6.04. The van der Waals surface area contributed by atoms with Gasteiger partial charge in [0.15, 0.2) is 5.78 Å². The van der Waals surface area contributed by atoms with Gasteiger partial charge in [-0.05, 0) is 43.2 Å². The van der Waals surface area contributed by atoms with Crippen molar-refractivity contribution in [3.8, 4) is 11.5 Å². The molecule has 3 aromatic carbocycles. The Morgan fingerprint density at radius 2 is 1.39 bits per heavy atom. The molecule has 0 unspecified atom stereocenters. The van der Waals surface area contributed by atoms with Crippen LogP contribution in [0.3, 0.4) is 0 Å². The van der Waals surface area contributed by atoms with E-state index in [9.17, 15) is 4.79 Å². The number of carbonyl (C=O) groups is 1. The number of hydrogen-bond acceptors (Lipinski definition) is 2. The Labute approximate surface area is 136 Å².